The van der Waals surface area contributed by atoms with E-state index >= 15 is 0 Å². The van der Waals surface area contributed by atoms with Crippen molar-refractivity contribution in [1.82, 2.24) is 9.97 Å². The number of aromatic amines is 2. The summed E-state index contributed by atoms with van der Waals surface area (Å²) in [5.74, 6) is -0.746. The minimum Gasteiger partial charge on any atom is -0.451 e. The number of Topliss-reactive ketones (excluding diaryl/α,β-unsaturated/α-hetero) is 1. The van der Waals surface area contributed by atoms with E-state index in [9.17, 15) is 9.59 Å². The van der Waals surface area contributed by atoms with Crippen LogP contribution in [0.25, 0.3) is 21.8 Å². The first kappa shape index (κ1) is 15.2. The molecule has 0 spiro atoms. The first-order valence-corrected chi connectivity index (χ1v) is 8.02. The van der Waals surface area contributed by atoms with E-state index in [-0.39, 0.29) is 5.78 Å². The molecule has 0 unspecified atom stereocenters. The third-order valence-electron chi connectivity index (χ3n) is 4.32. The molecule has 2 aromatic heterocycles. The van der Waals surface area contributed by atoms with Crippen molar-refractivity contribution < 1.29 is 14.3 Å². The lowest BCUT2D eigenvalue weighted by atomic mass is 10.1. The van der Waals surface area contributed by atoms with Gasteiger partial charge in [0.05, 0.1) is 5.56 Å². The minimum atomic E-state index is -0.875. The Morgan fingerprint density at radius 1 is 0.840 bits per heavy atom. The van der Waals surface area contributed by atoms with Gasteiger partial charge in [-0.25, -0.2) is 4.79 Å². The normalized spacial score (nSPS) is 12.4. The molecule has 4 aromatic rings. The Hall–Kier alpha value is -3.34. The van der Waals surface area contributed by atoms with Crippen LogP contribution in [-0.4, -0.2) is 27.8 Å². The number of carbonyl (C=O) groups excluding carboxylic acids is 2. The molecule has 2 N–H and O–H groups in total. The van der Waals surface area contributed by atoms with Gasteiger partial charge in [-0.05, 0) is 19.1 Å². The highest BCUT2D eigenvalue weighted by Crippen LogP contribution is 2.22. The molecular weight excluding hydrogens is 316 g/mol. The smallest absolute Gasteiger partial charge is 0.341 e. The second-order valence-corrected chi connectivity index (χ2v) is 5.91. The standard InChI is InChI=1S/C20H16N2O3/c1-12(19(23)15-10-21-17-8-4-2-6-13(15)17)25-20(24)16-11-22-18-9-5-3-7-14(16)18/h2-12,21-22H,1H3/t12-/m0/s1. The molecule has 4 rings (SSSR count). The van der Waals surface area contributed by atoms with E-state index in [0.29, 0.717) is 11.1 Å². The van der Waals surface area contributed by atoms with Crippen LogP contribution in [0.5, 0.6) is 0 Å². The number of hydrogen-bond donors (Lipinski definition) is 2. The van der Waals surface area contributed by atoms with Crippen LogP contribution in [0, 0.1) is 0 Å². The fourth-order valence-electron chi connectivity index (χ4n) is 3.01. The quantitative estimate of drug-likeness (QED) is 0.437. The lowest BCUT2D eigenvalue weighted by molar-refractivity contribution is 0.0321. The first-order valence-electron chi connectivity index (χ1n) is 8.02. The molecule has 25 heavy (non-hydrogen) atoms. The number of nitrogens with one attached hydrogen (secondary N) is 2. The van der Waals surface area contributed by atoms with Crippen molar-refractivity contribution in [3.63, 3.8) is 0 Å². The maximum absolute atomic E-state index is 12.7. The molecule has 5 heteroatoms. The number of fused-ring (bicyclic) bond motifs is 2. The fraction of sp³-hybridized carbons (Fsp3) is 0.100. The third-order valence-corrected chi connectivity index (χ3v) is 4.32. The summed E-state index contributed by atoms with van der Waals surface area (Å²) >= 11 is 0. The molecule has 124 valence electrons. The summed E-state index contributed by atoms with van der Waals surface area (Å²) in [6.07, 6.45) is 2.39. The van der Waals surface area contributed by atoms with Crippen LogP contribution in [0.15, 0.2) is 60.9 Å². The van der Waals surface area contributed by atoms with Crippen LogP contribution in [0.4, 0.5) is 0 Å². The number of hydrogen-bond acceptors (Lipinski definition) is 3. The Labute approximate surface area is 143 Å². The second kappa shape index (κ2) is 5.94. The minimum absolute atomic E-state index is 0.231. The molecule has 0 radical (unpaired) electrons. The van der Waals surface area contributed by atoms with Crippen molar-refractivity contribution in [3.8, 4) is 0 Å². The van der Waals surface area contributed by atoms with Gasteiger partial charge in [0.1, 0.15) is 0 Å². The number of aromatic nitrogens is 2. The van der Waals surface area contributed by atoms with E-state index in [4.69, 9.17) is 4.74 Å². The Kier molecular flexibility index (Phi) is 3.61. The number of para-hydroxylation sites is 2. The zero-order chi connectivity index (χ0) is 17.4. The lowest BCUT2D eigenvalue weighted by Crippen LogP contribution is -2.24. The zero-order valence-electron chi connectivity index (χ0n) is 13.6. The Bertz CT molecular complexity index is 1090. The van der Waals surface area contributed by atoms with Crippen molar-refractivity contribution in [2.45, 2.75) is 13.0 Å². The average Bonchev–Trinajstić information content (AvgIpc) is 3.25. The molecule has 2 aromatic carbocycles. The number of ketones is 1. The van der Waals surface area contributed by atoms with Gasteiger partial charge in [-0.1, -0.05) is 36.4 Å². The van der Waals surface area contributed by atoms with E-state index in [2.05, 4.69) is 9.97 Å². The molecule has 0 saturated carbocycles. The molecule has 0 amide bonds. The van der Waals surface area contributed by atoms with Gasteiger partial charge >= 0.3 is 5.97 Å². The van der Waals surface area contributed by atoms with Crippen LogP contribution in [0.2, 0.25) is 0 Å². The Morgan fingerprint density at radius 3 is 2.00 bits per heavy atom. The van der Waals surface area contributed by atoms with Crippen molar-refractivity contribution in [2.75, 3.05) is 0 Å². The maximum atomic E-state index is 12.7. The topological polar surface area (TPSA) is 75.0 Å². The molecule has 0 aliphatic heterocycles. The number of benzene rings is 2. The second-order valence-electron chi connectivity index (χ2n) is 5.91. The zero-order valence-corrected chi connectivity index (χ0v) is 13.6. The number of rotatable bonds is 4. The van der Waals surface area contributed by atoms with Gasteiger partial charge in [0.25, 0.3) is 0 Å². The van der Waals surface area contributed by atoms with Crippen molar-refractivity contribution in [3.05, 3.63) is 72.1 Å². The molecule has 0 bridgehead atoms. The predicted octanol–water partition coefficient (Wildman–Crippen LogP) is 4.08. The van der Waals surface area contributed by atoms with Gasteiger partial charge in [-0.15, -0.1) is 0 Å². The number of H-pyrrole nitrogens is 2. The van der Waals surface area contributed by atoms with E-state index in [1.807, 2.05) is 48.5 Å². The van der Waals surface area contributed by atoms with Crippen LogP contribution in [0.3, 0.4) is 0 Å². The van der Waals surface area contributed by atoms with Gasteiger partial charge in [-0.3, -0.25) is 4.79 Å². The Balaban J connectivity index is 1.58. The van der Waals surface area contributed by atoms with E-state index in [1.165, 1.54) is 0 Å². The molecule has 0 aliphatic rings. The van der Waals surface area contributed by atoms with E-state index < -0.39 is 12.1 Å². The summed E-state index contributed by atoms with van der Waals surface area (Å²) in [5, 5.41) is 1.60. The summed E-state index contributed by atoms with van der Waals surface area (Å²) in [7, 11) is 0. The summed E-state index contributed by atoms with van der Waals surface area (Å²) in [5.41, 5.74) is 2.68. The highest BCUT2D eigenvalue weighted by atomic mass is 16.5. The van der Waals surface area contributed by atoms with Gasteiger partial charge in [-0.2, -0.15) is 0 Å². The van der Waals surface area contributed by atoms with Crippen molar-refractivity contribution >= 4 is 33.6 Å². The average molecular weight is 332 g/mol. The highest BCUT2D eigenvalue weighted by Gasteiger charge is 2.24. The molecule has 5 nitrogen and oxygen atoms in total. The monoisotopic (exact) mass is 332 g/mol. The van der Waals surface area contributed by atoms with Gasteiger partial charge < -0.3 is 14.7 Å². The number of ether oxygens (including phenoxy) is 1. The van der Waals surface area contributed by atoms with E-state index in [1.54, 1.807) is 19.3 Å². The molecule has 1 atom stereocenters. The fourth-order valence-corrected chi connectivity index (χ4v) is 3.01. The molecule has 0 saturated heterocycles. The SMILES string of the molecule is C[C@H](OC(=O)c1c[nH]c2ccccc12)C(=O)c1c[nH]c2ccccc12. The van der Waals surface area contributed by atoms with E-state index in [0.717, 1.165) is 21.8 Å². The summed E-state index contributed by atoms with van der Waals surface area (Å²) < 4.78 is 5.41. The molecular formula is C20H16N2O3. The first-order chi connectivity index (χ1) is 12.1. The van der Waals surface area contributed by atoms with Gasteiger partial charge in [0.2, 0.25) is 5.78 Å². The largest absolute Gasteiger partial charge is 0.451 e. The van der Waals surface area contributed by atoms with Gasteiger partial charge in [0.15, 0.2) is 6.10 Å². The number of esters is 1. The number of carbonyl (C=O) groups is 2. The van der Waals surface area contributed by atoms with Crippen LogP contribution in [-0.2, 0) is 4.74 Å². The lowest BCUT2D eigenvalue weighted by Gasteiger charge is -2.11. The maximum Gasteiger partial charge on any atom is 0.341 e. The molecule has 0 fully saturated rings. The molecule has 2 heterocycles. The van der Waals surface area contributed by atoms with Crippen LogP contribution in [0.1, 0.15) is 27.6 Å². The van der Waals surface area contributed by atoms with Crippen LogP contribution < -0.4 is 0 Å². The van der Waals surface area contributed by atoms with Crippen molar-refractivity contribution in [2.24, 2.45) is 0 Å². The van der Waals surface area contributed by atoms with Crippen LogP contribution >= 0.6 is 0 Å². The highest BCUT2D eigenvalue weighted by molar-refractivity contribution is 6.11. The Morgan fingerprint density at radius 2 is 1.36 bits per heavy atom. The van der Waals surface area contributed by atoms with Gasteiger partial charge in [0, 0.05) is 39.8 Å². The molecule has 0 aliphatic carbocycles. The predicted molar refractivity (Wildman–Crippen MR) is 95.8 cm³/mol. The van der Waals surface area contributed by atoms with Crippen molar-refractivity contribution in [1.29, 1.82) is 0 Å². The summed E-state index contributed by atoms with van der Waals surface area (Å²) in [6, 6.07) is 15.0. The summed E-state index contributed by atoms with van der Waals surface area (Å²) in [4.78, 5) is 31.2. The summed E-state index contributed by atoms with van der Waals surface area (Å²) in [6.45, 7) is 1.59. The third kappa shape index (κ3) is 2.59.